The molecule has 2 aromatic rings. The van der Waals surface area contributed by atoms with Crippen LogP contribution in [0.5, 0.6) is 0 Å². The maximum Gasteiger partial charge on any atom is 0.237 e. The summed E-state index contributed by atoms with van der Waals surface area (Å²) in [6.07, 6.45) is 0.659. The molecule has 2 atom stereocenters. The SMILES string of the molecule is Cc1ccsc1C(Cc1ccccc1N)NC(=O)C(C)N.Cl.Cl. The number of para-hydroxylation sites is 1. The van der Waals surface area contributed by atoms with Crippen molar-refractivity contribution in [2.24, 2.45) is 5.73 Å². The number of hydrogen-bond acceptors (Lipinski definition) is 4. The number of amides is 1. The summed E-state index contributed by atoms with van der Waals surface area (Å²) in [5, 5.41) is 5.06. The van der Waals surface area contributed by atoms with Gasteiger partial charge in [0.05, 0.1) is 12.1 Å². The van der Waals surface area contributed by atoms with Gasteiger partial charge in [-0.25, -0.2) is 0 Å². The average Bonchev–Trinajstić information content (AvgIpc) is 2.86. The molecule has 0 saturated heterocycles. The molecule has 0 saturated carbocycles. The molecular weight excluding hydrogens is 353 g/mol. The lowest BCUT2D eigenvalue weighted by Crippen LogP contribution is -2.40. The van der Waals surface area contributed by atoms with Gasteiger partial charge in [0.2, 0.25) is 5.91 Å². The predicted molar refractivity (Wildman–Crippen MR) is 103 cm³/mol. The zero-order valence-electron chi connectivity index (χ0n) is 13.1. The van der Waals surface area contributed by atoms with Gasteiger partial charge in [-0.2, -0.15) is 0 Å². The molecule has 128 valence electrons. The van der Waals surface area contributed by atoms with E-state index >= 15 is 0 Å². The fourth-order valence-corrected chi connectivity index (χ4v) is 3.17. The predicted octanol–water partition coefficient (Wildman–Crippen LogP) is 3.23. The molecule has 23 heavy (non-hydrogen) atoms. The molecule has 0 bridgehead atoms. The summed E-state index contributed by atoms with van der Waals surface area (Å²) in [5.41, 5.74) is 14.6. The highest BCUT2D eigenvalue weighted by Crippen LogP contribution is 2.28. The molecule has 1 aromatic carbocycles. The van der Waals surface area contributed by atoms with Crippen LogP contribution in [0.4, 0.5) is 5.69 Å². The molecule has 0 aliphatic rings. The van der Waals surface area contributed by atoms with Crippen LogP contribution in [-0.4, -0.2) is 11.9 Å². The van der Waals surface area contributed by atoms with Crippen LogP contribution < -0.4 is 16.8 Å². The van der Waals surface area contributed by atoms with Crippen LogP contribution in [0.1, 0.15) is 29.0 Å². The van der Waals surface area contributed by atoms with E-state index in [1.807, 2.05) is 36.6 Å². The van der Waals surface area contributed by atoms with Crippen LogP contribution in [0.2, 0.25) is 0 Å². The maximum atomic E-state index is 12.0. The van der Waals surface area contributed by atoms with Crippen molar-refractivity contribution < 1.29 is 4.79 Å². The van der Waals surface area contributed by atoms with Gasteiger partial charge >= 0.3 is 0 Å². The van der Waals surface area contributed by atoms with Gasteiger partial charge in [-0.15, -0.1) is 36.2 Å². The molecule has 0 aliphatic heterocycles. The number of nitrogens with one attached hydrogen (secondary N) is 1. The second kappa shape index (κ2) is 9.78. The van der Waals surface area contributed by atoms with Gasteiger partial charge in [-0.05, 0) is 48.9 Å². The first-order valence-electron chi connectivity index (χ1n) is 6.92. The molecule has 1 aromatic heterocycles. The quantitative estimate of drug-likeness (QED) is 0.701. The monoisotopic (exact) mass is 375 g/mol. The van der Waals surface area contributed by atoms with E-state index in [9.17, 15) is 4.79 Å². The average molecular weight is 376 g/mol. The molecule has 0 spiro atoms. The topological polar surface area (TPSA) is 81.1 Å². The number of halogens is 2. The standard InChI is InChI=1S/C16H21N3OS.2ClH/c1-10-7-8-21-15(10)14(19-16(20)11(2)17)9-12-5-3-4-6-13(12)18;;/h3-8,11,14H,9,17-18H2,1-2H3,(H,19,20);2*1H. The fourth-order valence-electron chi connectivity index (χ4n) is 2.19. The first kappa shape index (κ1) is 21.7. The Bertz CT molecular complexity index is 631. The van der Waals surface area contributed by atoms with Crippen molar-refractivity contribution in [1.29, 1.82) is 0 Å². The third kappa shape index (κ3) is 5.70. The van der Waals surface area contributed by atoms with Crippen LogP contribution in [0.15, 0.2) is 35.7 Å². The third-order valence-corrected chi connectivity index (χ3v) is 4.56. The van der Waals surface area contributed by atoms with Gasteiger partial charge in [-0.1, -0.05) is 18.2 Å². The highest BCUT2D eigenvalue weighted by molar-refractivity contribution is 7.10. The first-order chi connectivity index (χ1) is 9.99. The molecule has 0 radical (unpaired) electrons. The lowest BCUT2D eigenvalue weighted by Gasteiger charge is -2.21. The summed E-state index contributed by atoms with van der Waals surface area (Å²) in [6.45, 7) is 3.73. The second-order valence-corrected chi connectivity index (χ2v) is 6.17. The second-order valence-electron chi connectivity index (χ2n) is 5.22. The summed E-state index contributed by atoms with van der Waals surface area (Å²) >= 11 is 1.64. The lowest BCUT2D eigenvalue weighted by atomic mass is 10.0. The normalized spacial score (nSPS) is 12.5. The molecule has 5 N–H and O–H groups in total. The molecule has 4 nitrogen and oxygen atoms in total. The molecule has 2 unspecified atom stereocenters. The number of carbonyl (C=O) groups is 1. The Kier molecular flexibility index (Phi) is 9.24. The fraction of sp³-hybridized carbons (Fsp3) is 0.312. The van der Waals surface area contributed by atoms with Crippen molar-refractivity contribution in [2.75, 3.05) is 5.73 Å². The summed E-state index contributed by atoms with van der Waals surface area (Å²) in [7, 11) is 0. The third-order valence-electron chi connectivity index (χ3n) is 3.43. The highest BCUT2D eigenvalue weighted by Gasteiger charge is 2.20. The highest BCUT2D eigenvalue weighted by atomic mass is 35.5. The number of benzene rings is 1. The number of carbonyl (C=O) groups excluding carboxylic acids is 1. The smallest absolute Gasteiger partial charge is 0.237 e. The van der Waals surface area contributed by atoms with E-state index in [2.05, 4.69) is 11.4 Å². The number of thiophene rings is 1. The van der Waals surface area contributed by atoms with E-state index in [0.717, 1.165) is 16.1 Å². The van der Waals surface area contributed by atoms with Crippen LogP contribution in [-0.2, 0) is 11.2 Å². The number of rotatable bonds is 5. The molecule has 1 amide bonds. The van der Waals surface area contributed by atoms with E-state index in [0.29, 0.717) is 6.42 Å². The van der Waals surface area contributed by atoms with E-state index in [-0.39, 0.29) is 36.8 Å². The van der Waals surface area contributed by atoms with Crippen molar-refractivity contribution in [3.8, 4) is 0 Å². The number of aryl methyl sites for hydroxylation is 1. The Labute approximate surface area is 153 Å². The van der Waals surface area contributed by atoms with E-state index in [1.165, 1.54) is 5.56 Å². The Hall–Kier alpha value is -1.27. The van der Waals surface area contributed by atoms with Crippen molar-refractivity contribution >= 4 is 47.7 Å². The van der Waals surface area contributed by atoms with Crippen LogP contribution in [0, 0.1) is 6.92 Å². The summed E-state index contributed by atoms with van der Waals surface area (Å²) in [4.78, 5) is 13.1. The minimum atomic E-state index is -0.527. The van der Waals surface area contributed by atoms with Crippen molar-refractivity contribution in [1.82, 2.24) is 5.32 Å². The summed E-state index contributed by atoms with van der Waals surface area (Å²) < 4.78 is 0. The Morgan fingerprint density at radius 2 is 1.91 bits per heavy atom. The van der Waals surface area contributed by atoms with Crippen molar-refractivity contribution in [3.05, 3.63) is 51.7 Å². The molecular formula is C16H23Cl2N3OS. The number of hydrogen-bond donors (Lipinski definition) is 3. The van der Waals surface area contributed by atoms with E-state index in [1.54, 1.807) is 18.3 Å². The van der Waals surface area contributed by atoms with E-state index < -0.39 is 6.04 Å². The zero-order valence-corrected chi connectivity index (χ0v) is 15.6. The number of nitrogen functional groups attached to an aromatic ring is 1. The van der Waals surface area contributed by atoms with Crippen LogP contribution in [0.3, 0.4) is 0 Å². The Balaban J connectivity index is 0.00000242. The van der Waals surface area contributed by atoms with Gasteiger partial charge in [0, 0.05) is 10.6 Å². The molecule has 0 aliphatic carbocycles. The van der Waals surface area contributed by atoms with E-state index in [4.69, 9.17) is 11.5 Å². The Morgan fingerprint density at radius 1 is 1.26 bits per heavy atom. The molecule has 1 heterocycles. The van der Waals surface area contributed by atoms with Gasteiger partial charge in [0.1, 0.15) is 0 Å². The van der Waals surface area contributed by atoms with Crippen molar-refractivity contribution in [3.63, 3.8) is 0 Å². The van der Waals surface area contributed by atoms with Gasteiger partial charge in [0.15, 0.2) is 0 Å². The Morgan fingerprint density at radius 3 is 2.43 bits per heavy atom. The zero-order chi connectivity index (χ0) is 15.4. The largest absolute Gasteiger partial charge is 0.399 e. The lowest BCUT2D eigenvalue weighted by molar-refractivity contribution is -0.122. The molecule has 2 rings (SSSR count). The van der Waals surface area contributed by atoms with Gasteiger partial charge in [-0.3, -0.25) is 4.79 Å². The molecule has 0 fully saturated rings. The number of nitrogens with two attached hydrogens (primary N) is 2. The first-order valence-corrected chi connectivity index (χ1v) is 7.80. The van der Waals surface area contributed by atoms with Crippen LogP contribution >= 0.6 is 36.2 Å². The number of anilines is 1. The minimum absolute atomic E-state index is 0. The van der Waals surface area contributed by atoms with Crippen LogP contribution in [0.25, 0.3) is 0 Å². The maximum absolute atomic E-state index is 12.0. The summed E-state index contributed by atoms with van der Waals surface area (Å²) in [5.74, 6) is -0.151. The van der Waals surface area contributed by atoms with Crippen molar-refractivity contribution in [2.45, 2.75) is 32.4 Å². The minimum Gasteiger partial charge on any atom is -0.399 e. The summed E-state index contributed by atoms with van der Waals surface area (Å²) in [6, 6.07) is 9.15. The molecule has 7 heteroatoms. The van der Waals surface area contributed by atoms with Gasteiger partial charge < -0.3 is 16.8 Å². The van der Waals surface area contributed by atoms with Gasteiger partial charge in [0.25, 0.3) is 0 Å².